The summed E-state index contributed by atoms with van der Waals surface area (Å²) in [5.74, 6) is -5.27. The van der Waals surface area contributed by atoms with E-state index in [0.29, 0.717) is 5.56 Å². The first-order chi connectivity index (χ1) is 35.0. The predicted octanol–water partition coefficient (Wildman–Crippen LogP) is -2.36. The van der Waals surface area contributed by atoms with Crippen molar-refractivity contribution >= 4 is 23.0 Å². The van der Waals surface area contributed by atoms with Gasteiger partial charge in [-0.2, -0.15) is 0 Å². The number of benzene rings is 3. The van der Waals surface area contributed by atoms with Crippen molar-refractivity contribution in [3.8, 4) is 45.8 Å². The number of aromatic hydroxyl groups is 4. The second-order valence-corrected chi connectivity index (χ2v) is 18.2. The quantitative estimate of drug-likeness (QED) is 0.0378. The molecule has 0 spiro atoms. The minimum atomic E-state index is -2.20. The molecule has 14 N–H and O–H groups in total. The van der Waals surface area contributed by atoms with E-state index in [9.17, 15) is 81.1 Å². The van der Waals surface area contributed by atoms with Crippen molar-refractivity contribution in [2.45, 2.75) is 144 Å². The van der Waals surface area contributed by atoms with E-state index in [-0.39, 0.29) is 17.1 Å². The summed E-state index contributed by atoms with van der Waals surface area (Å²) in [5.41, 5.74) is -1.49. The van der Waals surface area contributed by atoms with Crippen LogP contribution in [0.2, 0.25) is 0 Å². The molecule has 4 aliphatic rings. The normalized spacial score (nSPS) is 36.7. The molecule has 0 saturated carbocycles. The molecule has 4 fully saturated rings. The number of hydrogen-bond acceptors (Lipinski definition) is 26. The molecule has 74 heavy (non-hydrogen) atoms. The smallest absolute Gasteiger partial charge is 0.331 e. The summed E-state index contributed by atoms with van der Waals surface area (Å²) in [7, 11) is 0. The van der Waals surface area contributed by atoms with E-state index in [4.69, 9.17) is 47.0 Å². The maximum atomic E-state index is 14.9. The minimum Gasteiger partial charge on any atom is -0.508 e. The van der Waals surface area contributed by atoms with Gasteiger partial charge in [-0.1, -0.05) is 12.1 Å². The first-order valence-corrected chi connectivity index (χ1v) is 23.1. The molecule has 0 amide bonds. The molecule has 3 aromatic carbocycles. The Bertz CT molecular complexity index is 2700. The molecule has 20 atom stereocenters. The van der Waals surface area contributed by atoms with Gasteiger partial charge in [0, 0.05) is 23.8 Å². The topological polar surface area (TPSA) is 414 Å². The van der Waals surface area contributed by atoms with Crippen LogP contribution in [0.15, 0.2) is 69.9 Å². The van der Waals surface area contributed by atoms with E-state index >= 15 is 0 Å². The second kappa shape index (κ2) is 22.2. The van der Waals surface area contributed by atoms with E-state index in [2.05, 4.69) is 0 Å². The highest BCUT2D eigenvalue weighted by Crippen LogP contribution is 2.41. The molecule has 26 nitrogen and oxygen atoms in total. The summed E-state index contributed by atoms with van der Waals surface area (Å²) in [6.07, 6.45) is -32.5. The van der Waals surface area contributed by atoms with Crippen molar-refractivity contribution < 1.29 is 123 Å². The van der Waals surface area contributed by atoms with Crippen LogP contribution in [0.1, 0.15) is 26.3 Å². The summed E-state index contributed by atoms with van der Waals surface area (Å²) in [6.45, 7) is 3.25. The summed E-state index contributed by atoms with van der Waals surface area (Å²) < 4.78 is 58.9. The van der Waals surface area contributed by atoms with Crippen LogP contribution in [-0.4, -0.2) is 207 Å². The number of carbonyl (C=O) groups is 1. The fraction of sp³-hybridized carbons (Fsp3) is 0.500. The van der Waals surface area contributed by atoms with Crippen molar-refractivity contribution in [3.63, 3.8) is 0 Å². The lowest BCUT2D eigenvalue weighted by molar-refractivity contribution is -0.360. The first kappa shape index (κ1) is 54.5. The fourth-order valence-electron chi connectivity index (χ4n) is 8.60. The zero-order valence-electron chi connectivity index (χ0n) is 39.3. The fourth-order valence-corrected chi connectivity index (χ4v) is 8.60. The van der Waals surface area contributed by atoms with E-state index in [1.54, 1.807) is 0 Å². The molecule has 26 heteroatoms. The number of hydrogen-bond donors (Lipinski definition) is 14. The van der Waals surface area contributed by atoms with Crippen LogP contribution in [0.25, 0.3) is 28.4 Å². The maximum absolute atomic E-state index is 14.9. The molecule has 4 saturated heterocycles. The highest BCUT2D eigenvalue weighted by Gasteiger charge is 2.54. The van der Waals surface area contributed by atoms with Gasteiger partial charge in [-0.15, -0.1) is 0 Å². The molecule has 4 aliphatic heterocycles. The summed E-state index contributed by atoms with van der Waals surface area (Å²) in [5, 5.41) is 149. The second-order valence-electron chi connectivity index (χ2n) is 18.2. The Morgan fingerprint density at radius 1 is 0.581 bits per heavy atom. The average molecular weight is 1050 g/mol. The number of ether oxygens (including phenoxy) is 9. The van der Waals surface area contributed by atoms with E-state index in [1.807, 2.05) is 0 Å². The standard InChI is InChI=1S/C48H56O26/c1-16-30(54)35(59)38(62)45(66-16)65-15-27-33(57)42(72-28(53)11-6-19-4-8-21(49)9-5-19)44(74-47-40(64)37(61)32(56)18(3)68-47)48(71-27)73-43-34(58)29-25(52)13-22(69-46-39(63)36(60)31(55)17(2)67-46)14-26(29)70-41(43)20-7-10-23(50)24(51)12-20/h4-14,16-18,27,30-33,35-40,42,44-52,54-57,59-64H,15H2,1-3H3/b11-6+/t16-,17-,18-,27+,30-,31-,32-,33-,35+,36+,37+,38+,39+,40+,42-,44+,45+,46-,47-,48-/m0/s1. The van der Waals surface area contributed by atoms with E-state index in [0.717, 1.165) is 36.4 Å². The van der Waals surface area contributed by atoms with Crippen molar-refractivity contribution in [2.75, 3.05) is 6.61 Å². The highest BCUT2D eigenvalue weighted by atomic mass is 16.8. The lowest BCUT2D eigenvalue weighted by atomic mass is 9.97. The Labute approximate surface area is 418 Å². The molecule has 8 rings (SSSR count). The molecule has 4 aromatic rings. The van der Waals surface area contributed by atoms with Crippen molar-refractivity contribution in [3.05, 3.63) is 76.5 Å². The Hall–Kier alpha value is -5.76. The monoisotopic (exact) mass is 1050 g/mol. The van der Waals surface area contributed by atoms with Gasteiger partial charge >= 0.3 is 5.97 Å². The Morgan fingerprint density at radius 3 is 1.78 bits per heavy atom. The Kier molecular flexibility index (Phi) is 16.4. The number of rotatable bonds is 13. The SMILES string of the molecule is C[C@@H]1O[C@@H](OC[C@H]2O[C@@H](Oc3c(-c4ccc(O)c(O)c4)oc4cc(O[C@@H]5O[C@@H](C)[C@H](O)[C@@H](O)[C@H]5O)cc(O)c4c3=O)[C@H](O[C@@H]3O[C@@H](C)[C@H](O)[C@@H](O)[C@H]3O)[C@@H](OC(=O)/C=C/c3ccc(O)cc3)[C@H]2O)[C@H](O)[C@H](O)[C@H]1O. The van der Waals surface area contributed by atoms with Crippen molar-refractivity contribution in [2.24, 2.45) is 0 Å². The Balaban J connectivity index is 1.23. The van der Waals surface area contributed by atoms with Crippen molar-refractivity contribution in [1.29, 1.82) is 0 Å². The minimum absolute atomic E-state index is 0.0801. The number of phenolic OH excluding ortho intramolecular Hbond substituents is 4. The van der Waals surface area contributed by atoms with Crippen LogP contribution >= 0.6 is 0 Å². The zero-order valence-corrected chi connectivity index (χ0v) is 39.3. The van der Waals surface area contributed by atoms with Crippen LogP contribution in [-0.2, 0) is 38.0 Å². The zero-order chi connectivity index (χ0) is 53.6. The summed E-state index contributed by atoms with van der Waals surface area (Å²) >= 11 is 0. The largest absolute Gasteiger partial charge is 0.508 e. The van der Waals surface area contributed by atoms with Gasteiger partial charge in [0.1, 0.15) is 95.4 Å². The number of carbonyl (C=O) groups excluding carboxylic acids is 1. The molecule has 0 bridgehead atoms. The highest BCUT2D eigenvalue weighted by molar-refractivity contribution is 5.89. The number of esters is 1. The first-order valence-electron chi connectivity index (χ1n) is 23.1. The van der Waals surface area contributed by atoms with Crippen LogP contribution in [0.5, 0.6) is 34.5 Å². The van der Waals surface area contributed by atoms with Crippen molar-refractivity contribution in [1.82, 2.24) is 0 Å². The van der Waals surface area contributed by atoms with E-state index < -0.39 is 181 Å². The van der Waals surface area contributed by atoms with E-state index in [1.165, 1.54) is 51.1 Å². The van der Waals surface area contributed by atoms with Gasteiger partial charge in [0.2, 0.25) is 23.8 Å². The molecule has 404 valence electrons. The van der Waals surface area contributed by atoms with Gasteiger partial charge in [-0.3, -0.25) is 4.79 Å². The van der Waals surface area contributed by atoms with Crippen LogP contribution in [0.3, 0.4) is 0 Å². The van der Waals surface area contributed by atoms with Crippen LogP contribution in [0.4, 0.5) is 0 Å². The molecular formula is C48H56O26. The molecular weight excluding hydrogens is 993 g/mol. The molecule has 1 aromatic heterocycles. The number of phenols is 4. The summed E-state index contributed by atoms with van der Waals surface area (Å²) in [4.78, 5) is 28.6. The Morgan fingerprint density at radius 2 is 1.16 bits per heavy atom. The number of fused-ring (bicyclic) bond motifs is 1. The van der Waals surface area contributed by atoms with Gasteiger partial charge in [0.05, 0.1) is 24.9 Å². The number of aliphatic hydroxyl groups is 10. The van der Waals surface area contributed by atoms with Gasteiger partial charge < -0.3 is 119 Å². The third kappa shape index (κ3) is 11.1. The predicted molar refractivity (Wildman–Crippen MR) is 244 cm³/mol. The summed E-state index contributed by atoms with van der Waals surface area (Å²) in [6, 6.07) is 10.6. The molecule has 0 radical (unpaired) electrons. The van der Waals surface area contributed by atoms with Crippen LogP contribution < -0.4 is 14.9 Å². The molecule has 0 unspecified atom stereocenters. The molecule has 5 heterocycles. The molecule has 0 aliphatic carbocycles. The average Bonchev–Trinajstić information content (AvgIpc) is 3.36. The maximum Gasteiger partial charge on any atom is 0.331 e. The van der Waals surface area contributed by atoms with Gasteiger partial charge in [0.15, 0.2) is 42.0 Å². The number of aliphatic hydroxyl groups excluding tert-OH is 10. The van der Waals surface area contributed by atoms with Gasteiger partial charge in [0.25, 0.3) is 0 Å². The van der Waals surface area contributed by atoms with Gasteiger partial charge in [-0.25, -0.2) is 4.79 Å². The lowest BCUT2D eigenvalue weighted by Gasteiger charge is -2.47. The van der Waals surface area contributed by atoms with Crippen LogP contribution in [0, 0.1) is 0 Å². The lowest BCUT2D eigenvalue weighted by Crippen LogP contribution is -2.66. The third-order valence-corrected chi connectivity index (χ3v) is 12.9. The third-order valence-electron chi connectivity index (χ3n) is 12.9. The van der Waals surface area contributed by atoms with Gasteiger partial charge in [-0.05, 0) is 62.7 Å².